The predicted molar refractivity (Wildman–Crippen MR) is 69.3 cm³/mol. The van der Waals surface area contributed by atoms with E-state index in [1.54, 1.807) is 0 Å². The van der Waals surface area contributed by atoms with Gasteiger partial charge in [-0.3, -0.25) is 0 Å². The van der Waals surface area contributed by atoms with E-state index in [0.717, 1.165) is 5.56 Å². The predicted octanol–water partition coefficient (Wildman–Crippen LogP) is 3.88. The standard InChI is InChI=1S/C15H22FN/c1-9-5-4-6-13(9)15(17)12-7-10(2)14(16)11(3)8-12/h7-9,13,15H,4-6,17H2,1-3H3. The molecule has 1 nitrogen and oxygen atoms in total. The summed E-state index contributed by atoms with van der Waals surface area (Å²) in [5, 5.41) is 0. The van der Waals surface area contributed by atoms with E-state index in [-0.39, 0.29) is 11.9 Å². The van der Waals surface area contributed by atoms with Crippen LogP contribution < -0.4 is 5.73 Å². The van der Waals surface area contributed by atoms with Crippen molar-refractivity contribution in [1.29, 1.82) is 0 Å². The maximum absolute atomic E-state index is 13.6. The molecule has 1 fully saturated rings. The number of aryl methyl sites for hydroxylation is 2. The third kappa shape index (κ3) is 2.37. The Morgan fingerprint density at radius 3 is 2.29 bits per heavy atom. The minimum atomic E-state index is -0.0968. The van der Waals surface area contributed by atoms with Crippen LogP contribution >= 0.6 is 0 Å². The van der Waals surface area contributed by atoms with E-state index in [1.165, 1.54) is 19.3 Å². The van der Waals surface area contributed by atoms with Crippen molar-refractivity contribution in [3.63, 3.8) is 0 Å². The van der Waals surface area contributed by atoms with Crippen LogP contribution in [-0.2, 0) is 0 Å². The zero-order valence-corrected chi connectivity index (χ0v) is 11.0. The number of benzene rings is 1. The van der Waals surface area contributed by atoms with Crippen molar-refractivity contribution in [3.8, 4) is 0 Å². The first-order valence-corrected chi connectivity index (χ1v) is 6.53. The first-order chi connectivity index (χ1) is 8.00. The third-order valence-corrected chi connectivity index (χ3v) is 4.23. The zero-order valence-electron chi connectivity index (χ0n) is 11.0. The summed E-state index contributed by atoms with van der Waals surface area (Å²) in [5.74, 6) is 1.15. The quantitative estimate of drug-likeness (QED) is 0.827. The smallest absolute Gasteiger partial charge is 0.129 e. The van der Waals surface area contributed by atoms with E-state index < -0.39 is 0 Å². The Morgan fingerprint density at radius 2 is 1.82 bits per heavy atom. The molecule has 1 saturated carbocycles. The normalized spacial score (nSPS) is 26.2. The lowest BCUT2D eigenvalue weighted by Crippen LogP contribution is -2.23. The fourth-order valence-electron chi connectivity index (χ4n) is 3.13. The summed E-state index contributed by atoms with van der Waals surface area (Å²) in [7, 11) is 0. The molecule has 1 aromatic rings. The van der Waals surface area contributed by atoms with Crippen molar-refractivity contribution in [2.45, 2.75) is 46.1 Å². The number of rotatable bonds is 2. The summed E-state index contributed by atoms with van der Waals surface area (Å²) in [5.41, 5.74) is 8.87. The first-order valence-electron chi connectivity index (χ1n) is 6.53. The van der Waals surface area contributed by atoms with Crippen LogP contribution in [0, 0.1) is 31.5 Å². The van der Waals surface area contributed by atoms with E-state index in [0.29, 0.717) is 23.0 Å². The Labute approximate surface area is 103 Å². The van der Waals surface area contributed by atoms with Crippen molar-refractivity contribution >= 4 is 0 Å². The van der Waals surface area contributed by atoms with Gasteiger partial charge in [0.2, 0.25) is 0 Å². The highest BCUT2D eigenvalue weighted by atomic mass is 19.1. The van der Waals surface area contributed by atoms with Gasteiger partial charge >= 0.3 is 0 Å². The van der Waals surface area contributed by atoms with Gasteiger partial charge in [0, 0.05) is 6.04 Å². The van der Waals surface area contributed by atoms with E-state index in [1.807, 2.05) is 26.0 Å². The number of halogens is 1. The maximum atomic E-state index is 13.6. The van der Waals surface area contributed by atoms with Gasteiger partial charge in [0.15, 0.2) is 0 Å². The molecular formula is C15H22FN. The zero-order chi connectivity index (χ0) is 12.6. The molecule has 0 aromatic heterocycles. The molecular weight excluding hydrogens is 213 g/mol. The lowest BCUT2D eigenvalue weighted by molar-refractivity contribution is 0.350. The van der Waals surface area contributed by atoms with Crippen molar-refractivity contribution in [3.05, 3.63) is 34.6 Å². The van der Waals surface area contributed by atoms with Crippen LogP contribution in [0.3, 0.4) is 0 Å². The van der Waals surface area contributed by atoms with Crippen LogP contribution in [-0.4, -0.2) is 0 Å². The molecule has 3 unspecified atom stereocenters. The highest BCUT2D eigenvalue weighted by Gasteiger charge is 2.29. The average Bonchev–Trinajstić information content (AvgIpc) is 2.70. The second-order valence-electron chi connectivity index (χ2n) is 5.57. The van der Waals surface area contributed by atoms with Gasteiger partial charge in [-0.15, -0.1) is 0 Å². The van der Waals surface area contributed by atoms with Crippen LogP contribution in [0.4, 0.5) is 4.39 Å². The Balaban J connectivity index is 2.27. The Bertz CT molecular complexity index is 390. The molecule has 0 aliphatic heterocycles. The Kier molecular flexibility index (Phi) is 3.53. The fourth-order valence-corrected chi connectivity index (χ4v) is 3.13. The molecule has 1 aliphatic rings. The third-order valence-electron chi connectivity index (χ3n) is 4.23. The van der Waals surface area contributed by atoms with E-state index in [9.17, 15) is 4.39 Å². The molecule has 0 saturated heterocycles. The molecule has 2 heteroatoms. The van der Waals surface area contributed by atoms with Crippen LogP contribution in [0.25, 0.3) is 0 Å². The van der Waals surface area contributed by atoms with Crippen molar-refractivity contribution in [1.82, 2.24) is 0 Å². The number of nitrogens with two attached hydrogens (primary N) is 1. The van der Waals surface area contributed by atoms with Crippen LogP contribution in [0.5, 0.6) is 0 Å². The van der Waals surface area contributed by atoms with Gasteiger partial charge in [-0.2, -0.15) is 0 Å². The summed E-state index contributed by atoms with van der Waals surface area (Å²) in [6, 6.07) is 3.89. The second kappa shape index (κ2) is 4.77. The molecule has 0 radical (unpaired) electrons. The van der Waals surface area contributed by atoms with Crippen molar-refractivity contribution in [2.75, 3.05) is 0 Å². The second-order valence-corrected chi connectivity index (χ2v) is 5.57. The summed E-state index contributed by atoms with van der Waals surface area (Å²) in [6.45, 7) is 5.91. The molecule has 0 bridgehead atoms. The van der Waals surface area contributed by atoms with Crippen molar-refractivity contribution < 1.29 is 4.39 Å². The van der Waals surface area contributed by atoms with E-state index >= 15 is 0 Å². The summed E-state index contributed by atoms with van der Waals surface area (Å²) < 4.78 is 13.6. The summed E-state index contributed by atoms with van der Waals surface area (Å²) in [6.07, 6.45) is 3.76. The van der Waals surface area contributed by atoms with Crippen LogP contribution in [0.2, 0.25) is 0 Å². The minimum absolute atomic E-state index is 0.0606. The Morgan fingerprint density at radius 1 is 1.24 bits per heavy atom. The molecule has 2 rings (SSSR count). The Hall–Kier alpha value is -0.890. The molecule has 3 atom stereocenters. The van der Waals surface area contributed by atoms with E-state index in [4.69, 9.17) is 5.73 Å². The van der Waals surface area contributed by atoms with Gasteiger partial charge < -0.3 is 5.73 Å². The van der Waals surface area contributed by atoms with E-state index in [2.05, 4.69) is 6.92 Å². The van der Waals surface area contributed by atoms with Crippen LogP contribution in [0.15, 0.2) is 12.1 Å². The van der Waals surface area contributed by atoms with Gasteiger partial charge in [-0.25, -0.2) is 4.39 Å². The minimum Gasteiger partial charge on any atom is -0.324 e. The molecule has 2 N–H and O–H groups in total. The summed E-state index contributed by atoms with van der Waals surface area (Å²) >= 11 is 0. The lowest BCUT2D eigenvalue weighted by atomic mass is 9.85. The lowest BCUT2D eigenvalue weighted by Gasteiger charge is -2.24. The summed E-state index contributed by atoms with van der Waals surface area (Å²) in [4.78, 5) is 0. The van der Waals surface area contributed by atoms with Gasteiger partial charge in [0.05, 0.1) is 0 Å². The topological polar surface area (TPSA) is 26.0 Å². The fraction of sp³-hybridized carbons (Fsp3) is 0.600. The van der Waals surface area contributed by atoms with Crippen LogP contribution in [0.1, 0.15) is 48.9 Å². The molecule has 0 spiro atoms. The molecule has 1 aromatic carbocycles. The first kappa shape index (κ1) is 12.6. The number of hydrogen-bond donors (Lipinski definition) is 1. The van der Waals surface area contributed by atoms with Gasteiger partial charge in [-0.05, 0) is 48.8 Å². The highest BCUT2D eigenvalue weighted by Crippen LogP contribution is 2.39. The molecule has 0 amide bonds. The number of hydrogen-bond acceptors (Lipinski definition) is 1. The molecule has 94 valence electrons. The van der Waals surface area contributed by atoms with Gasteiger partial charge in [0.25, 0.3) is 0 Å². The molecule has 0 heterocycles. The average molecular weight is 235 g/mol. The van der Waals surface area contributed by atoms with Gasteiger partial charge in [-0.1, -0.05) is 31.9 Å². The largest absolute Gasteiger partial charge is 0.324 e. The van der Waals surface area contributed by atoms with Gasteiger partial charge in [0.1, 0.15) is 5.82 Å². The highest BCUT2D eigenvalue weighted by molar-refractivity contribution is 5.32. The molecule has 17 heavy (non-hydrogen) atoms. The monoisotopic (exact) mass is 235 g/mol. The maximum Gasteiger partial charge on any atom is 0.129 e. The molecule has 1 aliphatic carbocycles. The SMILES string of the molecule is Cc1cc(C(N)C2CCCC2C)cc(C)c1F. The van der Waals surface area contributed by atoms with Crippen molar-refractivity contribution in [2.24, 2.45) is 17.6 Å².